The summed E-state index contributed by atoms with van der Waals surface area (Å²) in [4.78, 5) is 18.2. The van der Waals surface area contributed by atoms with Crippen LogP contribution in [0, 0.1) is 6.92 Å². The number of aryl methyl sites for hydroxylation is 1. The van der Waals surface area contributed by atoms with E-state index in [1.807, 2.05) is 31.2 Å². The van der Waals surface area contributed by atoms with Crippen LogP contribution in [0.5, 0.6) is 0 Å². The number of hydrogen-bond donors (Lipinski definition) is 0. The van der Waals surface area contributed by atoms with Crippen molar-refractivity contribution in [3.63, 3.8) is 0 Å². The van der Waals surface area contributed by atoms with Gasteiger partial charge in [-0.3, -0.25) is 4.79 Å². The minimum atomic E-state index is -4.54. The number of amidine groups is 1. The maximum Gasteiger partial charge on any atom is 0.416 e. The SMILES string of the molecule is Cc1ccc(CC(=O)N=C2S[C@H]3CS(=O)(=O)C[C@@H]3N2c2cccc(C(F)(F)F)c2)cc1. The average molecular weight is 469 g/mol. The summed E-state index contributed by atoms with van der Waals surface area (Å²) in [5, 5.41) is -0.146. The molecule has 0 bridgehead atoms. The maximum absolute atomic E-state index is 13.2. The highest BCUT2D eigenvalue weighted by Crippen LogP contribution is 2.42. The van der Waals surface area contributed by atoms with Gasteiger partial charge in [-0.1, -0.05) is 47.7 Å². The molecule has 2 saturated heterocycles. The summed E-state index contributed by atoms with van der Waals surface area (Å²) < 4.78 is 63.9. The maximum atomic E-state index is 13.2. The van der Waals surface area contributed by atoms with Crippen molar-refractivity contribution in [1.82, 2.24) is 0 Å². The van der Waals surface area contributed by atoms with Gasteiger partial charge in [-0.25, -0.2) is 8.42 Å². The monoisotopic (exact) mass is 468 g/mol. The van der Waals surface area contributed by atoms with E-state index in [4.69, 9.17) is 0 Å². The van der Waals surface area contributed by atoms with Crippen LogP contribution in [0.4, 0.5) is 18.9 Å². The zero-order valence-electron chi connectivity index (χ0n) is 16.5. The Morgan fingerprint density at radius 1 is 1.16 bits per heavy atom. The predicted molar refractivity (Wildman–Crippen MR) is 115 cm³/mol. The lowest BCUT2D eigenvalue weighted by atomic mass is 10.1. The Labute approximate surface area is 182 Å². The Kier molecular flexibility index (Phi) is 5.63. The number of fused-ring (bicyclic) bond motifs is 1. The Balaban J connectivity index is 1.67. The van der Waals surface area contributed by atoms with Gasteiger partial charge < -0.3 is 4.90 Å². The number of alkyl halides is 3. The van der Waals surface area contributed by atoms with E-state index in [-0.39, 0.29) is 34.0 Å². The number of hydrogen-bond acceptors (Lipinski definition) is 4. The first-order chi connectivity index (χ1) is 14.5. The van der Waals surface area contributed by atoms with Gasteiger partial charge in [0.05, 0.1) is 29.5 Å². The summed E-state index contributed by atoms with van der Waals surface area (Å²) in [6.07, 6.45) is -4.49. The number of carbonyl (C=O) groups is 1. The lowest BCUT2D eigenvalue weighted by Crippen LogP contribution is -2.38. The number of amides is 1. The number of nitrogens with zero attached hydrogens (tertiary/aromatic N) is 2. The summed E-state index contributed by atoms with van der Waals surface area (Å²) in [5.74, 6) is -0.721. The smallest absolute Gasteiger partial charge is 0.316 e. The summed E-state index contributed by atoms with van der Waals surface area (Å²) in [5.41, 5.74) is 1.16. The molecule has 1 amide bonds. The Morgan fingerprint density at radius 3 is 2.55 bits per heavy atom. The van der Waals surface area contributed by atoms with E-state index in [1.165, 1.54) is 17.0 Å². The fourth-order valence-electron chi connectivity index (χ4n) is 3.73. The van der Waals surface area contributed by atoms with E-state index >= 15 is 0 Å². The van der Waals surface area contributed by atoms with Crippen LogP contribution in [0.1, 0.15) is 16.7 Å². The van der Waals surface area contributed by atoms with Crippen molar-refractivity contribution in [2.45, 2.75) is 30.8 Å². The van der Waals surface area contributed by atoms with Gasteiger partial charge >= 0.3 is 6.18 Å². The molecule has 0 spiro atoms. The second-order valence-corrected chi connectivity index (χ2v) is 11.0. The lowest BCUT2D eigenvalue weighted by Gasteiger charge is -2.25. The highest BCUT2D eigenvalue weighted by Gasteiger charge is 2.49. The Morgan fingerprint density at radius 2 is 1.87 bits per heavy atom. The number of thioether (sulfide) groups is 1. The molecule has 2 aliphatic heterocycles. The highest BCUT2D eigenvalue weighted by atomic mass is 32.2. The molecule has 2 fully saturated rings. The molecule has 0 aromatic heterocycles. The highest BCUT2D eigenvalue weighted by molar-refractivity contribution is 8.16. The van der Waals surface area contributed by atoms with Gasteiger partial charge in [-0.05, 0) is 30.7 Å². The van der Waals surface area contributed by atoms with Gasteiger partial charge in [0.15, 0.2) is 15.0 Å². The quantitative estimate of drug-likeness (QED) is 0.685. The number of halogens is 3. The molecule has 2 heterocycles. The Hall–Kier alpha value is -2.33. The molecule has 10 heteroatoms. The van der Waals surface area contributed by atoms with E-state index in [1.54, 1.807) is 0 Å². The van der Waals surface area contributed by atoms with Crippen molar-refractivity contribution in [2.75, 3.05) is 16.4 Å². The van der Waals surface area contributed by atoms with E-state index in [0.29, 0.717) is 0 Å². The number of sulfone groups is 1. The van der Waals surface area contributed by atoms with E-state index < -0.39 is 33.5 Å². The standard InChI is InChI=1S/C21H19F3N2O3S2/c1-13-5-7-14(8-6-13)9-19(27)25-20-26(17-11-31(28,29)12-18(17)30-20)16-4-2-3-15(10-16)21(22,23)24/h2-8,10,17-18H,9,11-12H2,1H3/t17-,18-/m0/s1. The third-order valence-electron chi connectivity index (χ3n) is 5.21. The molecule has 2 aromatic carbocycles. The van der Waals surface area contributed by atoms with Crippen LogP contribution in [0.2, 0.25) is 0 Å². The first-order valence-electron chi connectivity index (χ1n) is 9.52. The largest absolute Gasteiger partial charge is 0.416 e. The first kappa shape index (κ1) is 21.9. The summed E-state index contributed by atoms with van der Waals surface area (Å²) in [7, 11) is -3.31. The number of benzene rings is 2. The minimum absolute atomic E-state index is 0.0500. The molecule has 0 aliphatic carbocycles. The lowest BCUT2D eigenvalue weighted by molar-refractivity contribution is -0.137. The molecule has 0 saturated carbocycles. The predicted octanol–water partition coefficient (Wildman–Crippen LogP) is 3.86. The van der Waals surface area contributed by atoms with Gasteiger partial charge in [0.2, 0.25) is 0 Å². The van der Waals surface area contributed by atoms with Gasteiger partial charge in [0.25, 0.3) is 5.91 Å². The van der Waals surface area contributed by atoms with Crippen molar-refractivity contribution in [1.29, 1.82) is 0 Å². The van der Waals surface area contributed by atoms with Crippen molar-refractivity contribution in [3.8, 4) is 0 Å². The molecular weight excluding hydrogens is 449 g/mol. The van der Waals surface area contributed by atoms with Crippen LogP contribution in [0.3, 0.4) is 0 Å². The summed E-state index contributed by atoms with van der Waals surface area (Å²) >= 11 is 1.14. The normalized spacial score (nSPS) is 23.9. The molecule has 0 unspecified atom stereocenters. The number of anilines is 1. The summed E-state index contributed by atoms with van der Waals surface area (Å²) in [6.45, 7) is 1.93. The zero-order valence-corrected chi connectivity index (χ0v) is 18.1. The molecular formula is C21H19F3N2O3S2. The van der Waals surface area contributed by atoms with Gasteiger partial charge in [-0.2, -0.15) is 18.2 Å². The second-order valence-electron chi connectivity index (χ2n) is 7.67. The van der Waals surface area contributed by atoms with Crippen molar-refractivity contribution < 1.29 is 26.4 Å². The molecule has 5 nitrogen and oxygen atoms in total. The van der Waals surface area contributed by atoms with E-state index in [2.05, 4.69) is 4.99 Å². The van der Waals surface area contributed by atoms with Crippen molar-refractivity contribution >= 4 is 38.4 Å². The second kappa shape index (κ2) is 7.98. The van der Waals surface area contributed by atoms with Gasteiger partial charge in [-0.15, -0.1) is 0 Å². The van der Waals surface area contributed by atoms with Gasteiger partial charge in [0, 0.05) is 10.9 Å². The molecule has 2 aliphatic rings. The molecule has 0 radical (unpaired) electrons. The third-order valence-corrected chi connectivity index (χ3v) is 8.42. The van der Waals surface area contributed by atoms with Crippen LogP contribution < -0.4 is 4.90 Å². The molecule has 0 N–H and O–H groups in total. The molecule has 4 rings (SSSR count). The number of aliphatic imine (C=N–C) groups is 1. The topological polar surface area (TPSA) is 66.8 Å². The molecule has 2 aromatic rings. The number of rotatable bonds is 3. The van der Waals surface area contributed by atoms with Crippen LogP contribution in [0.15, 0.2) is 53.5 Å². The minimum Gasteiger partial charge on any atom is -0.316 e. The third kappa shape index (κ3) is 4.79. The van der Waals surface area contributed by atoms with Crippen molar-refractivity contribution in [3.05, 3.63) is 65.2 Å². The average Bonchev–Trinajstić information content (AvgIpc) is 3.13. The van der Waals surface area contributed by atoms with Crippen LogP contribution in [-0.2, 0) is 27.2 Å². The van der Waals surface area contributed by atoms with Crippen LogP contribution in [-0.4, -0.2) is 42.3 Å². The van der Waals surface area contributed by atoms with Crippen LogP contribution in [0.25, 0.3) is 0 Å². The fourth-order valence-corrected chi connectivity index (χ4v) is 7.66. The molecule has 31 heavy (non-hydrogen) atoms. The molecule has 164 valence electrons. The fraction of sp³-hybridized carbons (Fsp3) is 0.333. The summed E-state index contributed by atoms with van der Waals surface area (Å²) in [6, 6.07) is 11.5. The van der Waals surface area contributed by atoms with Crippen LogP contribution >= 0.6 is 11.8 Å². The van der Waals surface area contributed by atoms with E-state index in [9.17, 15) is 26.4 Å². The Bertz CT molecular complexity index is 1150. The van der Waals surface area contributed by atoms with Crippen molar-refractivity contribution in [2.24, 2.45) is 4.99 Å². The van der Waals surface area contributed by atoms with E-state index in [0.717, 1.165) is 35.0 Å². The van der Waals surface area contributed by atoms with Gasteiger partial charge in [0.1, 0.15) is 0 Å². The number of carbonyl (C=O) groups excluding carboxylic acids is 1. The molecule has 2 atom stereocenters. The first-order valence-corrected chi connectivity index (χ1v) is 12.2. The zero-order chi connectivity index (χ0) is 22.4.